The zero-order valence-electron chi connectivity index (χ0n) is 17.8. The molecule has 1 aliphatic heterocycles. The second-order valence-electron chi connectivity index (χ2n) is 8.76. The molecule has 2 aliphatic rings. The predicted molar refractivity (Wildman–Crippen MR) is 115 cm³/mol. The van der Waals surface area contributed by atoms with Crippen LogP contribution in [0.2, 0.25) is 0 Å². The first kappa shape index (κ1) is 20.6. The van der Waals surface area contributed by atoms with E-state index < -0.39 is 6.09 Å². The molecule has 5 nitrogen and oxygen atoms in total. The Morgan fingerprint density at radius 3 is 2.60 bits per heavy atom. The Labute approximate surface area is 178 Å². The van der Waals surface area contributed by atoms with Crippen LogP contribution >= 0.6 is 0 Å². The Bertz CT molecular complexity index is 890. The van der Waals surface area contributed by atoms with Gasteiger partial charge in [0.2, 0.25) is 5.91 Å². The number of pyridine rings is 1. The fraction of sp³-hybridized carbons (Fsp3) is 0.480. The molecule has 158 valence electrons. The van der Waals surface area contributed by atoms with Gasteiger partial charge in [-0.05, 0) is 74.1 Å². The first-order valence-corrected chi connectivity index (χ1v) is 11.0. The normalized spacial score (nSPS) is 25.1. The van der Waals surface area contributed by atoms with Gasteiger partial charge in [-0.2, -0.15) is 0 Å². The zero-order valence-corrected chi connectivity index (χ0v) is 17.8. The minimum absolute atomic E-state index is 0.0818. The van der Waals surface area contributed by atoms with Crippen molar-refractivity contribution in [2.75, 3.05) is 6.61 Å². The molecule has 0 radical (unpaired) electrons. The van der Waals surface area contributed by atoms with E-state index in [0.29, 0.717) is 18.3 Å². The van der Waals surface area contributed by atoms with Crippen LogP contribution in [0.25, 0.3) is 0 Å². The lowest BCUT2D eigenvalue weighted by Crippen LogP contribution is -2.45. The van der Waals surface area contributed by atoms with E-state index >= 15 is 0 Å². The van der Waals surface area contributed by atoms with Gasteiger partial charge in [0.25, 0.3) is 0 Å². The Balaban J connectivity index is 1.38. The van der Waals surface area contributed by atoms with Crippen molar-refractivity contribution in [2.24, 2.45) is 11.8 Å². The van der Waals surface area contributed by atoms with Crippen LogP contribution in [0, 0.1) is 18.8 Å². The minimum Gasteiger partial charge on any atom is -0.447 e. The molecule has 0 spiro atoms. The van der Waals surface area contributed by atoms with Gasteiger partial charge in [0, 0.05) is 17.8 Å². The highest BCUT2D eigenvalue weighted by molar-refractivity contribution is 5.94. The molecule has 1 saturated heterocycles. The van der Waals surface area contributed by atoms with Crippen molar-refractivity contribution in [3.05, 3.63) is 65.5 Å². The van der Waals surface area contributed by atoms with E-state index in [2.05, 4.69) is 17.1 Å². The van der Waals surface area contributed by atoms with Crippen molar-refractivity contribution in [1.29, 1.82) is 0 Å². The average molecular weight is 407 g/mol. The SMILES string of the molecule is Cc1cc(C2CCC(C(C)C(=O)N3C(=O)OCC3Cc3ccccc3)CC2)ccn1. The van der Waals surface area contributed by atoms with E-state index in [9.17, 15) is 9.59 Å². The van der Waals surface area contributed by atoms with Crippen LogP contribution < -0.4 is 0 Å². The Morgan fingerprint density at radius 2 is 1.90 bits per heavy atom. The van der Waals surface area contributed by atoms with E-state index in [4.69, 9.17) is 4.74 Å². The van der Waals surface area contributed by atoms with Gasteiger partial charge >= 0.3 is 6.09 Å². The third kappa shape index (κ3) is 4.40. The molecule has 2 aromatic rings. The molecule has 2 amide bonds. The van der Waals surface area contributed by atoms with Crippen LogP contribution in [-0.2, 0) is 16.0 Å². The third-order valence-electron chi connectivity index (χ3n) is 6.77. The van der Waals surface area contributed by atoms with Gasteiger partial charge in [0.1, 0.15) is 6.61 Å². The number of cyclic esters (lactones) is 1. The summed E-state index contributed by atoms with van der Waals surface area (Å²) >= 11 is 0. The van der Waals surface area contributed by atoms with Crippen molar-refractivity contribution >= 4 is 12.0 Å². The quantitative estimate of drug-likeness (QED) is 0.709. The molecule has 0 N–H and O–H groups in total. The highest BCUT2D eigenvalue weighted by Gasteiger charge is 2.42. The summed E-state index contributed by atoms with van der Waals surface area (Å²) in [6.45, 7) is 4.28. The molecule has 1 aliphatic carbocycles. The summed E-state index contributed by atoms with van der Waals surface area (Å²) in [5.74, 6) is 0.589. The maximum Gasteiger partial charge on any atom is 0.416 e. The smallest absolute Gasteiger partial charge is 0.416 e. The zero-order chi connectivity index (χ0) is 21.1. The number of hydrogen-bond acceptors (Lipinski definition) is 4. The predicted octanol–water partition coefficient (Wildman–Crippen LogP) is 4.89. The summed E-state index contributed by atoms with van der Waals surface area (Å²) < 4.78 is 5.26. The van der Waals surface area contributed by atoms with E-state index in [1.807, 2.05) is 50.4 Å². The molecule has 4 rings (SSSR count). The maximum atomic E-state index is 13.3. The van der Waals surface area contributed by atoms with Crippen molar-refractivity contribution in [3.63, 3.8) is 0 Å². The number of imide groups is 1. The van der Waals surface area contributed by atoms with E-state index in [1.54, 1.807) is 0 Å². The van der Waals surface area contributed by atoms with Gasteiger partial charge in [-0.1, -0.05) is 37.3 Å². The summed E-state index contributed by atoms with van der Waals surface area (Å²) in [7, 11) is 0. The summed E-state index contributed by atoms with van der Waals surface area (Å²) in [6.07, 6.45) is 6.19. The van der Waals surface area contributed by atoms with E-state index in [-0.39, 0.29) is 24.5 Å². The molecule has 1 saturated carbocycles. The largest absolute Gasteiger partial charge is 0.447 e. The van der Waals surface area contributed by atoms with Crippen LogP contribution in [0.3, 0.4) is 0 Å². The first-order chi connectivity index (χ1) is 14.5. The molecular weight excluding hydrogens is 376 g/mol. The second kappa shape index (κ2) is 8.99. The highest BCUT2D eigenvalue weighted by atomic mass is 16.6. The van der Waals surface area contributed by atoms with Crippen LogP contribution in [0.5, 0.6) is 0 Å². The summed E-state index contributed by atoms with van der Waals surface area (Å²) in [5, 5.41) is 0. The van der Waals surface area contributed by atoms with Gasteiger partial charge in [0.05, 0.1) is 6.04 Å². The van der Waals surface area contributed by atoms with Gasteiger partial charge < -0.3 is 4.74 Å². The molecular formula is C25H30N2O3. The lowest BCUT2D eigenvalue weighted by atomic mass is 9.74. The van der Waals surface area contributed by atoms with E-state index in [1.165, 1.54) is 10.5 Å². The third-order valence-corrected chi connectivity index (χ3v) is 6.77. The number of rotatable bonds is 5. The molecule has 1 aromatic heterocycles. The maximum absolute atomic E-state index is 13.3. The number of carbonyl (C=O) groups is 2. The van der Waals surface area contributed by atoms with Crippen molar-refractivity contribution in [2.45, 2.75) is 57.9 Å². The number of aromatic nitrogens is 1. The fourth-order valence-electron chi connectivity index (χ4n) is 4.96. The monoisotopic (exact) mass is 406 g/mol. The molecule has 2 fully saturated rings. The summed E-state index contributed by atoms with van der Waals surface area (Å²) in [6, 6.07) is 14.0. The number of nitrogens with zero attached hydrogens (tertiary/aromatic N) is 2. The second-order valence-corrected chi connectivity index (χ2v) is 8.76. The number of ether oxygens (including phenoxy) is 1. The Hall–Kier alpha value is -2.69. The lowest BCUT2D eigenvalue weighted by Gasteiger charge is -2.33. The van der Waals surface area contributed by atoms with Crippen molar-refractivity contribution in [3.8, 4) is 0 Å². The summed E-state index contributed by atoms with van der Waals surface area (Å²) in [4.78, 5) is 31.3. The average Bonchev–Trinajstić information content (AvgIpc) is 3.13. The molecule has 1 aromatic carbocycles. The highest BCUT2D eigenvalue weighted by Crippen LogP contribution is 2.39. The van der Waals surface area contributed by atoms with Gasteiger partial charge in [-0.25, -0.2) is 9.69 Å². The fourth-order valence-corrected chi connectivity index (χ4v) is 4.96. The standard InChI is InChI=1S/C25H30N2O3/c1-17-14-22(12-13-26-17)21-10-8-20(9-11-21)18(2)24(28)27-23(16-30-25(27)29)15-19-6-4-3-5-7-19/h3-7,12-14,18,20-21,23H,8-11,15-16H2,1-2H3. The molecule has 0 bridgehead atoms. The summed E-state index contributed by atoms with van der Waals surface area (Å²) in [5.41, 5.74) is 3.51. The topological polar surface area (TPSA) is 59.5 Å². The molecule has 5 heteroatoms. The van der Waals surface area contributed by atoms with Crippen LogP contribution in [-0.4, -0.2) is 34.5 Å². The van der Waals surface area contributed by atoms with Gasteiger partial charge in [0.15, 0.2) is 0 Å². The van der Waals surface area contributed by atoms with E-state index in [0.717, 1.165) is 36.9 Å². The number of carbonyl (C=O) groups excluding carboxylic acids is 2. The lowest BCUT2D eigenvalue weighted by molar-refractivity contribution is -0.135. The van der Waals surface area contributed by atoms with Crippen molar-refractivity contribution in [1.82, 2.24) is 9.88 Å². The number of aryl methyl sites for hydroxylation is 1. The number of benzene rings is 1. The minimum atomic E-state index is -0.492. The van der Waals surface area contributed by atoms with Crippen LogP contribution in [0.4, 0.5) is 4.79 Å². The molecule has 30 heavy (non-hydrogen) atoms. The van der Waals surface area contributed by atoms with Gasteiger partial charge in [-0.15, -0.1) is 0 Å². The van der Waals surface area contributed by atoms with Crippen LogP contribution in [0.15, 0.2) is 48.7 Å². The molecule has 2 atom stereocenters. The number of amides is 2. The Kier molecular flexibility index (Phi) is 6.16. The van der Waals surface area contributed by atoms with Gasteiger partial charge in [-0.3, -0.25) is 9.78 Å². The number of hydrogen-bond donors (Lipinski definition) is 0. The first-order valence-electron chi connectivity index (χ1n) is 11.0. The molecule has 2 unspecified atom stereocenters. The van der Waals surface area contributed by atoms with Crippen LogP contribution in [0.1, 0.15) is 55.3 Å². The Morgan fingerprint density at radius 1 is 1.17 bits per heavy atom. The van der Waals surface area contributed by atoms with Crippen molar-refractivity contribution < 1.29 is 14.3 Å². The molecule has 2 heterocycles.